The maximum Gasteiger partial charge on any atom is 0.328 e. The largest absolute Gasteiger partial charge is 0.478 e. The van der Waals surface area contributed by atoms with Gasteiger partial charge in [-0.3, -0.25) is 0 Å². The molecular weight excluding hydrogens is 211 g/mol. The standard InChI is InChI=1S/C12H9FO3/c13-11-5-3-9(2-1-7-14)8-10(11)4-6-12(15)16/h3-6,8,14H,7H2,(H,15,16)/b6-4+. The van der Waals surface area contributed by atoms with E-state index in [0.717, 1.165) is 12.2 Å². The van der Waals surface area contributed by atoms with Crippen LogP contribution in [0.2, 0.25) is 0 Å². The molecule has 0 aliphatic rings. The summed E-state index contributed by atoms with van der Waals surface area (Å²) in [5, 5.41) is 16.9. The second-order valence-corrected chi connectivity index (χ2v) is 2.87. The zero-order chi connectivity index (χ0) is 12.0. The van der Waals surface area contributed by atoms with Crippen LogP contribution in [0.15, 0.2) is 24.3 Å². The van der Waals surface area contributed by atoms with Crippen molar-refractivity contribution >= 4 is 12.0 Å². The van der Waals surface area contributed by atoms with Crippen LogP contribution >= 0.6 is 0 Å². The third-order valence-corrected chi connectivity index (χ3v) is 1.71. The van der Waals surface area contributed by atoms with Gasteiger partial charge in [-0.15, -0.1) is 0 Å². The second-order valence-electron chi connectivity index (χ2n) is 2.87. The van der Waals surface area contributed by atoms with E-state index in [0.29, 0.717) is 5.56 Å². The van der Waals surface area contributed by atoms with Crippen molar-refractivity contribution in [2.45, 2.75) is 0 Å². The summed E-state index contributed by atoms with van der Waals surface area (Å²) in [6.45, 7) is -0.280. The van der Waals surface area contributed by atoms with Crippen LogP contribution in [0, 0.1) is 17.7 Å². The summed E-state index contributed by atoms with van der Waals surface area (Å²) in [4.78, 5) is 10.3. The van der Waals surface area contributed by atoms with E-state index in [9.17, 15) is 9.18 Å². The minimum Gasteiger partial charge on any atom is -0.478 e. The van der Waals surface area contributed by atoms with Gasteiger partial charge in [-0.25, -0.2) is 9.18 Å². The third-order valence-electron chi connectivity index (χ3n) is 1.71. The molecule has 2 N–H and O–H groups in total. The van der Waals surface area contributed by atoms with Crippen molar-refractivity contribution in [1.29, 1.82) is 0 Å². The van der Waals surface area contributed by atoms with Crippen molar-refractivity contribution in [3.8, 4) is 11.8 Å². The molecule has 0 atom stereocenters. The quantitative estimate of drug-likeness (QED) is 0.583. The molecule has 16 heavy (non-hydrogen) atoms. The monoisotopic (exact) mass is 220 g/mol. The summed E-state index contributed by atoms with van der Waals surface area (Å²) >= 11 is 0. The van der Waals surface area contributed by atoms with Crippen LogP contribution < -0.4 is 0 Å². The van der Waals surface area contributed by atoms with Crippen LogP contribution in [-0.4, -0.2) is 22.8 Å². The normalized spacial score (nSPS) is 9.88. The summed E-state index contributed by atoms with van der Waals surface area (Å²) in [7, 11) is 0. The molecule has 0 unspecified atom stereocenters. The second kappa shape index (κ2) is 5.69. The molecule has 0 aliphatic heterocycles. The van der Waals surface area contributed by atoms with Gasteiger partial charge in [-0.05, 0) is 24.3 Å². The molecule has 1 aromatic carbocycles. The number of hydrogen-bond donors (Lipinski definition) is 2. The molecule has 1 rings (SSSR count). The van der Waals surface area contributed by atoms with E-state index in [1.54, 1.807) is 0 Å². The number of carboxylic acids is 1. The number of rotatable bonds is 2. The molecule has 0 heterocycles. The highest BCUT2D eigenvalue weighted by atomic mass is 19.1. The number of carboxylic acid groups (broad SMARTS) is 1. The Labute approximate surface area is 91.8 Å². The van der Waals surface area contributed by atoms with Crippen LogP contribution in [0.5, 0.6) is 0 Å². The lowest BCUT2D eigenvalue weighted by molar-refractivity contribution is -0.131. The molecule has 0 aliphatic carbocycles. The minimum absolute atomic E-state index is 0.145. The third kappa shape index (κ3) is 3.56. The highest BCUT2D eigenvalue weighted by Crippen LogP contribution is 2.11. The van der Waals surface area contributed by atoms with Gasteiger partial charge in [0, 0.05) is 17.2 Å². The fraction of sp³-hybridized carbons (Fsp3) is 0.0833. The minimum atomic E-state index is -1.15. The van der Waals surface area contributed by atoms with Gasteiger partial charge in [0.05, 0.1) is 0 Å². The number of aliphatic hydroxyl groups excluding tert-OH is 1. The molecule has 82 valence electrons. The Bertz CT molecular complexity index is 481. The van der Waals surface area contributed by atoms with Crippen LogP contribution in [0.1, 0.15) is 11.1 Å². The van der Waals surface area contributed by atoms with Crippen LogP contribution in [0.25, 0.3) is 6.08 Å². The molecule has 0 saturated heterocycles. The van der Waals surface area contributed by atoms with Crippen molar-refractivity contribution in [2.24, 2.45) is 0 Å². The highest BCUT2D eigenvalue weighted by Gasteiger charge is 1.99. The predicted molar refractivity (Wildman–Crippen MR) is 57.0 cm³/mol. The molecule has 1 aromatic rings. The summed E-state index contributed by atoms with van der Waals surface area (Å²) in [5.41, 5.74) is 0.660. The number of hydrogen-bond acceptors (Lipinski definition) is 2. The maximum atomic E-state index is 13.2. The van der Waals surface area contributed by atoms with Crippen molar-refractivity contribution in [3.05, 3.63) is 41.2 Å². The number of aliphatic hydroxyl groups is 1. The van der Waals surface area contributed by atoms with E-state index in [1.807, 2.05) is 0 Å². The first-order valence-electron chi connectivity index (χ1n) is 4.44. The Kier molecular flexibility index (Phi) is 4.25. The fourth-order valence-corrected chi connectivity index (χ4v) is 1.05. The Balaban J connectivity index is 3.03. The average molecular weight is 220 g/mol. The van der Waals surface area contributed by atoms with Gasteiger partial charge in [0.1, 0.15) is 12.4 Å². The van der Waals surface area contributed by atoms with Gasteiger partial charge >= 0.3 is 5.97 Å². The number of halogens is 1. The first-order chi connectivity index (χ1) is 7.63. The lowest BCUT2D eigenvalue weighted by Crippen LogP contribution is -1.89. The fourth-order valence-electron chi connectivity index (χ4n) is 1.05. The summed E-state index contributed by atoms with van der Waals surface area (Å²) in [6.07, 6.45) is 2.00. The predicted octanol–water partition coefficient (Wildman–Crippen LogP) is 1.27. The molecule has 0 saturated carbocycles. The van der Waals surface area contributed by atoms with E-state index in [4.69, 9.17) is 10.2 Å². The van der Waals surface area contributed by atoms with E-state index in [1.165, 1.54) is 18.2 Å². The number of aliphatic carboxylic acids is 1. The Morgan fingerprint density at radius 3 is 2.88 bits per heavy atom. The summed E-state index contributed by atoms with van der Waals surface area (Å²) < 4.78 is 13.2. The van der Waals surface area contributed by atoms with Crippen molar-refractivity contribution < 1.29 is 19.4 Å². The molecule has 0 fully saturated rings. The lowest BCUT2D eigenvalue weighted by atomic mass is 10.1. The average Bonchev–Trinajstić information content (AvgIpc) is 2.26. The zero-order valence-corrected chi connectivity index (χ0v) is 8.27. The molecule has 3 nitrogen and oxygen atoms in total. The zero-order valence-electron chi connectivity index (χ0n) is 8.27. The van der Waals surface area contributed by atoms with Crippen LogP contribution in [0.4, 0.5) is 4.39 Å². The molecule has 0 aromatic heterocycles. The number of benzene rings is 1. The smallest absolute Gasteiger partial charge is 0.328 e. The first kappa shape index (κ1) is 12.0. The van der Waals surface area contributed by atoms with Crippen LogP contribution in [0.3, 0.4) is 0 Å². The number of carbonyl (C=O) groups is 1. The Morgan fingerprint density at radius 1 is 1.50 bits per heavy atom. The molecule has 0 radical (unpaired) electrons. The summed E-state index contributed by atoms with van der Waals surface area (Å²) in [5.74, 6) is 3.35. The van der Waals surface area contributed by atoms with Gasteiger partial charge in [0.15, 0.2) is 0 Å². The Hall–Kier alpha value is -2.12. The molecule has 0 spiro atoms. The summed E-state index contributed by atoms with van der Waals surface area (Å²) in [6, 6.07) is 4.07. The van der Waals surface area contributed by atoms with E-state index < -0.39 is 11.8 Å². The van der Waals surface area contributed by atoms with E-state index in [2.05, 4.69) is 11.8 Å². The van der Waals surface area contributed by atoms with Gasteiger partial charge in [0.2, 0.25) is 0 Å². The highest BCUT2D eigenvalue weighted by molar-refractivity contribution is 5.85. The van der Waals surface area contributed by atoms with Crippen molar-refractivity contribution in [2.75, 3.05) is 6.61 Å². The maximum absolute atomic E-state index is 13.2. The molecule has 4 heteroatoms. The lowest BCUT2D eigenvalue weighted by Gasteiger charge is -1.97. The van der Waals surface area contributed by atoms with Crippen LogP contribution in [-0.2, 0) is 4.79 Å². The van der Waals surface area contributed by atoms with Crippen molar-refractivity contribution in [1.82, 2.24) is 0 Å². The van der Waals surface area contributed by atoms with E-state index >= 15 is 0 Å². The van der Waals surface area contributed by atoms with Crippen molar-refractivity contribution in [3.63, 3.8) is 0 Å². The van der Waals surface area contributed by atoms with E-state index in [-0.39, 0.29) is 12.2 Å². The molecule has 0 bridgehead atoms. The molecular formula is C12H9FO3. The SMILES string of the molecule is O=C(O)/C=C/c1cc(C#CCO)ccc1F. The van der Waals surface area contributed by atoms with Gasteiger partial charge < -0.3 is 10.2 Å². The Morgan fingerprint density at radius 2 is 2.25 bits per heavy atom. The van der Waals surface area contributed by atoms with Gasteiger partial charge in [-0.2, -0.15) is 0 Å². The van der Waals surface area contributed by atoms with Gasteiger partial charge in [-0.1, -0.05) is 11.8 Å². The molecule has 0 amide bonds. The topological polar surface area (TPSA) is 57.5 Å². The van der Waals surface area contributed by atoms with Gasteiger partial charge in [0.25, 0.3) is 0 Å². The first-order valence-corrected chi connectivity index (χ1v) is 4.44.